The van der Waals surface area contributed by atoms with Gasteiger partial charge >= 0.3 is 0 Å². The second kappa shape index (κ2) is 10.2. The van der Waals surface area contributed by atoms with E-state index in [2.05, 4.69) is 10.6 Å². The number of carbonyl (C=O) groups is 2. The number of halogens is 1. The molecule has 1 saturated heterocycles. The van der Waals surface area contributed by atoms with Gasteiger partial charge in [0.05, 0.1) is 18.3 Å². The number of nitrogens with zero attached hydrogens (tertiary/aromatic N) is 1. The zero-order valence-electron chi connectivity index (χ0n) is 16.6. The van der Waals surface area contributed by atoms with E-state index in [1.165, 1.54) is 6.08 Å². The molecule has 0 aromatic heterocycles. The first kappa shape index (κ1) is 22.4. The maximum absolute atomic E-state index is 12.3. The highest BCUT2D eigenvalue weighted by Gasteiger charge is 2.22. The molecule has 1 unspecified atom stereocenters. The van der Waals surface area contributed by atoms with Crippen molar-refractivity contribution < 1.29 is 19.4 Å². The van der Waals surface area contributed by atoms with Gasteiger partial charge in [0.2, 0.25) is 0 Å². The van der Waals surface area contributed by atoms with Crippen LogP contribution in [0.2, 0.25) is 0 Å². The molecule has 1 aliphatic carbocycles. The lowest BCUT2D eigenvalue weighted by Crippen LogP contribution is -2.42. The molecular weight excluding hydrogens is 426 g/mol. The summed E-state index contributed by atoms with van der Waals surface area (Å²) in [5.74, 6) is -0.402. The molecule has 3 rings (SSSR count). The van der Waals surface area contributed by atoms with Crippen molar-refractivity contribution in [2.24, 2.45) is 0 Å². The summed E-state index contributed by atoms with van der Waals surface area (Å²) in [6.45, 7) is 3.41. The number of benzene rings is 1. The molecule has 1 aromatic carbocycles. The van der Waals surface area contributed by atoms with Crippen molar-refractivity contribution in [1.82, 2.24) is 5.32 Å². The number of allylic oxidation sites excluding steroid dienone is 3. The number of ether oxygens (including phenoxy) is 1. The first-order valence-corrected chi connectivity index (χ1v) is 10.4. The Bertz CT molecular complexity index is 916. The van der Waals surface area contributed by atoms with Crippen molar-refractivity contribution >= 4 is 51.9 Å². The molecule has 2 aliphatic rings. The van der Waals surface area contributed by atoms with Crippen molar-refractivity contribution in [2.75, 3.05) is 43.1 Å². The van der Waals surface area contributed by atoms with Gasteiger partial charge in [-0.05, 0) is 36.8 Å². The maximum atomic E-state index is 12.3. The molecule has 9 heteroatoms. The van der Waals surface area contributed by atoms with Crippen LogP contribution in [0, 0.1) is 6.92 Å². The Hall–Kier alpha value is -2.26. The quantitative estimate of drug-likeness (QED) is 0.552. The van der Waals surface area contributed by atoms with Crippen LogP contribution in [0.25, 0.3) is 0 Å². The van der Waals surface area contributed by atoms with Crippen LogP contribution in [0.15, 0.2) is 41.0 Å². The summed E-state index contributed by atoms with van der Waals surface area (Å²) in [7, 11) is 0. The Balaban J connectivity index is 1.50. The first-order valence-electron chi connectivity index (χ1n) is 9.64. The molecule has 0 saturated carbocycles. The molecule has 1 atom stereocenters. The minimum absolute atomic E-state index is 0.0550. The number of hydrogen-bond acceptors (Lipinski definition) is 6. The fourth-order valence-corrected chi connectivity index (χ4v) is 3.65. The minimum atomic E-state index is -0.793. The van der Waals surface area contributed by atoms with E-state index in [1.807, 2.05) is 25.1 Å². The van der Waals surface area contributed by atoms with Gasteiger partial charge in [-0.3, -0.25) is 9.59 Å². The molecule has 3 N–H and O–H groups in total. The summed E-state index contributed by atoms with van der Waals surface area (Å²) in [6, 6.07) is 5.65. The minimum Gasteiger partial charge on any atom is -0.389 e. The molecule has 0 spiro atoms. The first-order chi connectivity index (χ1) is 14.3. The van der Waals surface area contributed by atoms with Gasteiger partial charge in [-0.25, -0.2) is 0 Å². The number of anilines is 2. The summed E-state index contributed by atoms with van der Waals surface area (Å²) in [6.07, 6.45) is 2.96. The third kappa shape index (κ3) is 5.66. The number of amides is 2. The van der Waals surface area contributed by atoms with Gasteiger partial charge in [0.25, 0.3) is 11.8 Å². The van der Waals surface area contributed by atoms with Crippen molar-refractivity contribution in [2.45, 2.75) is 19.4 Å². The van der Waals surface area contributed by atoms with Crippen molar-refractivity contribution in [3.05, 3.63) is 46.5 Å². The Kier molecular flexibility index (Phi) is 7.60. The maximum Gasteiger partial charge on any atom is 0.253 e. The highest BCUT2D eigenvalue weighted by atomic mass is 35.5. The SMILES string of the molecule is Cc1cc(NCC(O)CNC(=O)C2=CC(Cl)=CCC2=S)ccc1N1CCOCC1=O. The fourth-order valence-electron chi connectivity index (χ4n) is 3.22. The number of hydrogen-bond donors (Lipinski definition) is 3. The van der Waals surface area contributed by atoms with Crippen LogP contribution in [0.4, 0.5) is 11.4 Å². The van der Waals surface area contributed by atoms with Crippen molar-refractivity contribution in [3.8, 4) is 0 Å². The number of carbonyl (C=O) groups excluding carboxylic acids is 2. The summed E-state index contributed by atoms with van der Waals surface area (Å²) in [5.41, 5.74) is 2.98. The largest absolute Gasteiger partial charge is 0.389 e. The molecule has 7 nitrogen and oxygen atoms in total. The zero-order chi connectivity index (χ0) is 21.7. The number of rotatable bonds is 7. The normalized spacial score (nSPS) is 17.9. The smallest absolute Gasteiger partial charge is 0.253 e. The topological polar surface area (TPSA) is 90.9 Å². The average molecular weight is 450 g/mol. The van der Waals surface area contributed by atoms with E-state index >= 15 is 0 Å². The number of thiocarbonyl (C=S) groups is 1. The number of nitrogens with one attached hydrogen (secondary N) is 2. The van der Waals surface area contributed by atoms with Gasteiger partial charge in [0.15, 0.2) is 0 Å². The third-order valence-corrected chi connectivity index (χ3v) is 5.47. The number of aliphatic hydroxyl groups is 1. The lowest BCUT2D eigenvalue weighted by molar-refractivity contribution is -0.125. The Morgan fingerprint density at radius 2 is 2.20 bits per heavy atom. The lowest BCUT2D eigenvalue weighted by Gasteiger charge is -2.28. The fraction of sp³-hybridized carbons (Fsp3) is 0.381. The molecule has 2 amide bonds. The second-order valence-electron chi connectivity index (χ2n) is 7.12. The summed E-state index contributed by atoms with van der Waals surface area (Å²) < 4.78 is 5.17. The van der Waals surface area contributed by atoms with E-state index in [9.17, 15) is 14.7 Å². The standard InChI is InChI=1S/C21H24ClN3O4S/c1-13-8-15(3-4-18(13)25-6-7-29-12-20(25)27)23-10-16(26)11-24-21(28)17-9-14(22)2-5-19(17)30/h2-4,8-9,16,23,26H,5-7,10-12H2,1H3,(H,24,28). The van der Waals surface area contributed by atoms with E-state index in [1.54, 1.807) is 11.0 Å². The van der Waals surface area contributed by atoms with E-state index in [0.717, 1.165) is 16.9 Å². The predicted molar refractivity (Wildman–Crippen MR) is 121 cm³/mol. The van der Waals surface area contributed by atoms with Gasteiger partial charge < -0.3 is 25.4 Å². The molecule has 30 heavy (non-hydrogen) atoms. The van der Waals surface area contributed by atoms with Crippen LogP contribution < -0.4 is 15.5 Å². The molecule has 0 bridgehead atoms. The highest BCUT2D eigenvalue weighted by molar-refractivity contribution is 7.81. The van der Waals surface area contributed by atoms with Gasteiger partial charge in [0, 0.05) is 47.3 Å². The summed E-state index contributed by atoms with van der Waals surface area (Å²) in [5, 5.41) is 16.5. The molecule has 1 aliphatic heterocycles. The van der Waals surface area contributed by atoms with E-state index in [4.69, 9.17) is 28.6 Å². The molecule has 0 radical (unpaired) electrons. The van der Waals surface area contributed by atoms with E-state index in [0.29, 0.717) is 35.0 Å². The Morgan fingerprint density at radius 1 is 1.40 bits per heavy atom. The Labute approximate surface area is 185 Å². The predicted octanol–water partition coefficient (Wildman–Crippen LogP) is 2.07. The molecule has 1 heterocycles. The van der Waals surface area contributed by atoms with E-state index in [-0.39, 0.29) is 31.5 Å². The van der Waals surface area contributed by atoms with Crippen LogP contribution in [0.5, 0.6) is 0 Å². The van der Waals surface area contributed by atoms with Gasteiger partial charge in [0.1, 0.15) is 6.61 Å². The molecule has 1 fully saturated rings. The number of aryl methyl sites for hydroxylation is 1. The van der Waals surface area contributed by atoms with Crippen LogP contribution >= 0.6 is 23.8 Å². The van der Waals surface area contributed by atoms with Crippen LogP contribution in [0.3, 0.4) is 0 Å². The second-order valence-corrected chi connectivity index (χ2v) is 8.05. The third-order valence-electron chi connectivity index (χ3n) is 4.82. The number of morpholine rings is 1. The van der Waals surface area contributed by atoms with Crippen LogP contribution in [-0.4, -0.2) is 60.7 Å². The number of aliphatic hydroxyl groups excluding tert-OH is 1. The van der Waals surface area contributed by atoms with E-state index < -0.39 is 6.10 Å². The van der Waals surface area contributed by atoms with Crippen molar-refractivity contribution in [1.29, 1.82) is 0 Å². The molecule has 160 valence electrons. The highest BCUT2D eigenvalue weighted by Crippen LogP contribution is 2.25. The zero-order valence-corrected chi connectivity index (χ0v) is 18.2. The monoisotopic (exact) mass is 449 g/mol. The van der Waals surface area contributed by atoms with Gasteiger partial charge in [-0.1, -0.05) is 29.9 Å². The molecular formula is C21H24ClN3O4S. The summed E-state index contributed by atoms with van der Waals surface area (Å²) in [4.78, 5) is 26.5. The van der Waals surface area contributed by atoms with Crippen LogP contribution in [0.1, 0.15) is 12.0 Å². The van der Waals surface area contributed by atoms with Crippen molar-refractivity contribution in [3.63, 3.8) is 0 Å². The summed E-state index contributed by atoms with van der Waals surface area (Å²) >= 11 is 11.1. The average Bonchev–Trinajstić information content (AvgIpc) is 2.73. The Morgan fingerprint density at radius 3 is 2.93 bits per heavy atom. The van der Waals surface area contributed by atoms with Crippen LogP contribution in [-0.2, 0) is 14.3 Å². The molecule has 1 aromatic rings. The van der Waals surface area contributed by atoms with Gasteiger partial charge in [-0.15, -0.1) is 0 Å². The van der Waals surface area contributed by atoms with Gasteiger partial charge in [-0.2, -0.15) is 0 Å². The lowest BCUT2D eigenvalue weighted by atomic mass is 10.0.